The van der Waals surface area contributed by atoms with Crippen molar-refractivity contribution in [3.8, 4) is 5.75 Å². The number of halogens is 1. The molecule has 1 N–H and O–H groups in total. The maximum atomic E-state index is 13.5. The topological polar surface area (TPSA) is 50.8 Å². The Morgan fingerprint density at radius 1 is 1.19 bits per heavy atom. The summed E-state index contributed by atoms with van der Waals surface area (Å²) < 4.78 is 24.1. The lowest BCUT2D eigenvalue weighted by Crippen LogP contribution is -2.36. The van der Waals surface area contributed by atoms with Crippen molar-refractivity contribution in [2.45, 2.75) is 13.0 Å². The zero-order chi connectivity index (χ0) is 18.4. The molecule has 1 heterocycles. The molecule has 0 unspecified atom stereocenters. The van der Waals surface area contributed by atoms with E-state index >= 15 is 0 Å². The Kier molecular flexibility index (Phi) is 6.07. The average molecular weight is 358 g/mol. The van der Waals surface area contributed by atoms with Gasteiger partial charge in [0.25, 0.3) is 5.91 Å². The average Bonchev–Trinajstić information content (AvgIpc) is 2.68. The molecule has 1 aliphatic heterocycles. The van der Waals surface area contributed by atoms with Gasteiger partial charge < -0.3 is 19.7 Å². The number of ether oxygens (including phenoxy) is 2. The van der Waals surface area contributed by atoms with E-state index in [-0.39, 0.29) is 24.3 Å². The highest BCUT2D eigenvalue weighted by Gasteiger charge is 2.14. The van der Waals surface area contributed by atoms with Gasteiger partial charge in [0.2, 0.25) is 0 Å². The van der Waals surface area contributed by atoms with Crippen LogP contribution >= 0.6 is 0 Å². The second-order valence-electron chi connectivity index (χ2n) is 6.20. The van der Waals surface area contributed by atoms with E-state index in [1.54, 1.807) is 12.1 Å². The molecule has 0 bridgehead atoms. The Hall–Kier alpha value is -2.60. The summed E-state index contributed by atoms with van der Waals surface area (Å²) in [6, 6.07) is 14.0. The van der Waals surface area contributed by atoms with Gasteiger partial charge in [0.05, 0.1) is 19.3 Å². The molecule has 1 saturated heterocycles. The van der Waals surface area contributed by atoms with Gasteiger partial charge in [0.15, 0.2) is 18.2 Å². The number of nitrogens with one attached hydrogen (secondary N) is 1. The minimum Gasteiger partial charge on any atom is -0.481 e. The van der Waals surface area contributed by atoms with Gasteiger partial charge >= 0.3 is 0 Å². The lowest BCUT2D eigenvalue weighted by molar-refractivity contribution is -0.123. The SMILES string of the molecule is C[C@@H](NC(=O)COc1ccccc1F)c1ccc(N2CCOCC2)cc1. The van der Waals surface area contributed by atoms with Crippen LogP contribution in [0.1, 0.15) is 18.5 Å². The fraction of sp³-hybridized carbons (Fsp3) is 0.350. The van der Waals surface area contributed by atoms with Crippen LogP contribution in [0.2, 0.25) is 0 Å². The molecule has 1 aliphatic rings. The van der Waals surface area contributed by atoms with E-state index in [1.165, 1.54) is 12.1 Å². The molecule has 0 spiro atoms. The molecule has 2 aromatic rings. The van der Waals surface area contributed by atoms with E-state index < -0.39 is 5.82 Å². The van der Waals surface area contributed by atoms with Crippen molar-refractivity contribution in [3.63, 3.8) is 0 Å². The quantitative estimate of drug-likeness (QED) is 0.863. The third-order valence-corrected chi connectivity index (χ3v) is 4.34. The summed E-state index contributed by atoms with van der Waals surface area (Å²) in [6.07, 6.45) is 0. The van der Waals surface area contributed by atoms with Crippen molar-refractivity contribution in [3.05, 3.63) is 59.9 Å². The highest BCUT2D eigenvalue weighted by Crippen LogP contribution is 2.20. The molecule has 1 fully saturated rings. The Morgan fingerprint density at radius 2 is 1.88 bits per heavy atom. The summed E-state index contributed by atoms with van der Waals surface area (Å²) >= 11 is 0. The number of anilines is 1. The van der Waals surface area contributed by atoms with Crippen LogP contribution in [-0.2, 0) is 9.53 Å². The molecule has 6 heteroatoms. The zero-order valence-corrected chi connectivity index (χ0v) is 14.8. The third-order valence-electron chi connectivity index (χ3n) is 4.34. The van der Waals surface area contributed by atoms with E-state index in [2.05, 4.69) is 22.3 Å². The smallest absolute Gasteiger partial charge is 0.258 e. The van der Waals surface area contributed by atoms with Crippen molar-refractivity contribution in [1.82, 2.24) is 5.32 Å². The summed E-state index contributed by atoms with van der Waals surface area (Å²) in [6.45, 7) is 4.95. The van der Waals surface area contributed by atoms with E-state index in [4.69, 9.17) is 9.47 Å². The molecule has 0 radical (unpaired) electrons. The molecule has 1 atom stereocenters. The van der Waals surface area contributed by atoms with Gasteiger partial charge in [0, 0.05) is 18.8 Å². The molecule has 3 rings (SSSR count). The first-order chi connectivity index (χ1) is 12.6. The Labute approximate surface area is 152 Å². The lowest BCUT2D eigenvalue weighted by Gasteiger charge is -2.29. The number of rotatable bonds is 6. The van der Waals surface area contributed by atoms with E-state index in [1.807, 2.05) is 19.1 Å². The summed E-state index contributed by atoms with van der Waals surface area (Å²) in [4.78, 5) is 14.3. The molecule has 2 aromatic carbocycles. The van der Waals surface area contributed by atoms with Crippen LogP contribution in [0.15, 0.2) is 48.5 Å². The minimum atomic E-state index is -0.480. The van der Waals surface area contributed by atoms with Gasteiger partial charge in [-0.3, -0.25) is 4.79 Å². The second-order valence-corrected chi connectivity index (χ2v) is 6.20. The third kappa shape index (κ3) is 4.73. The number of morpholine rings is 1. The molecule has 1 amide bonds. The van der Waals surface area contributed by atoms with Crippen LogP contribution in [0.4, 0.5) is 10.1 Å². The van der Waals surface area contributed by atoms with Gasteiger partial charge in [-0.05, 0) is 36.8 Å². The number of hydrogen-bond acceptors (Lipinski definition) is 4. The van der Waals surface area contributed by atoms with Crippen LogP contribution in [0, 0.1) is 5.82 Å². The van der Waals surface area contributed by atoms with Crippen LogP contribution < -0.4 is 15.0 Å². The van der Waals surface area contributed by atoms with Crippen molar-refractivity contribution in [2.24, 2.45) is 0 Å². The number of benzene rings is 2. The first-order valence-electron chi connectivity index (χ1n) is 8.73. The predicted molar refractivity (Wildman–Crippen MR) is 97.9 cm³/mol. The maximum absolute atomic E-state index is 13.5. The molecule has 0 saturated carbocycles. The normalized spacial score (nSPS) is 15.4. The molecular weight excluding hydrogens is 335 g/mol. The van der Waals surface area contributed by atoms with Crippen LogP contribution in [0.3, 0.4) is 0 Å². The van der Waals surface area contributed by atoms with E-state index in [0.717, 1.165) is 37.6 Å². The number of amides is 1. The number of hydrogen-bond donors (Lipinski definition) is 1. The standard InChI is InChI=1S/C20H23FN2O3/c1-15(22-20(24)14-26-19-5-3-2-4-18(19)21)16-6-8-17(9-7-16)23-10-12-25-13-11-23/h2-9,15H,10-14H2,1H3,(H,22,24)/t15-/m1/s1. The number of carbonyl (C=O) groups excluding carboxylic acids is 1. The second kappa shape index (κ2) is 8.67. The minimum absolute atomic E-state index is 0.0742. The fourth-order valence-corrected chi connectivity index (χ4v) is 2.87. The highest BCUT2D eigenvalue weighted by atomic mass is 19.1. The fourth-order valence-electron chi connectivity index (χ4n) is 2.87. The molecule has 0 aliphatic carbocycles. The van der Waals surface area contributed by atoms with Gasteiger partial charge in [-0.15, -0.1) is 0 Å². The molecule has 0 aromatic heterocycles. The maximum Gasteiger partial charge on any atom is 0.258 e. The van der Waals surface area contributed by atoms with Crippen LogP contribution in [-0.4, -0.2) is 38.8 Å². The number of nitrogens with zero attached hydrogens (tertiary/aromatic N) is 1. The van der Waals surface area contributed by atoms with Crippen molar-refractivity contribution < 1.29 is 18.7 Å². The van der Waals surface area contributed by atoms with E-state index in [9.17, 15) is 9.18 Å². The molecular formula is C20H23FN2O3. The van der Waals surface area contributed by atoms with Gasteiger partial charge in [0.1, 0.15) is 0 Å². The monoisotopic (exact) mass is 358 g/mol. The summed E-state index contributed by atoms with van der Waals surface area (Å²) in [5.74, 6) is -0.699. The van der Waals surface area contributed by atoms with Crippen LogP contribution in [0.25, 0.3) is 0 Å². The summed E-state index contributed by atoms with van der Waals surface area (Å²) in [5.41, 5.74) is 2.15. The largest absolute Gasteiger partial charge is 0.481 e. The highest BCUT2D eigenvalue weighted by molar-refractivity contribution is 5.78. The van der Waals surface area contributed by atoms with E-state index in [0.29, 0.717) is 0 Å². The number of carbonyl (C=O) groups is 1. The van der Waals surface area contributed by atoms with Crippen molar-refractivity contribution in [2.75, 3.05) is 37.8 Å². The van der Waals surface area contributed by atoms with Crippen molar-refractivity contribution in [1.29, 1.82) is 0 Å². The van der Waals surface area contributed by atoms with Crippen LogP contribution in [0.5, 0.6) is 5.75 Å². The zero-order valence-electron chi connectivity index (χ0n) is 14.8. The molecule has 26 heavy (non-hydrogen) atoms. The van der Waals surface area contributed by atoms with Gasteiger partial charge in [-0.1, -0.05) is 24.3 Å². The van der Waals surface area contributed by atoms with Crippen molar-refractivity contribution >= 4 is 11.6 Å². The first kappa shape index (κ1) is 18.2. The summed E-state index contributed by atoms with van der Waals surface area (Å²) in [7, 11) is 0. The Morgan fingerprint density at radius 3 is 2.58 bits per heavy atom. The Balaban J connectivity index is 1.51. The van der Waals surface area contributed by atoms with Gasteiger partial charge in [-0.2, -0.15) is 0 Å². The number of para-hydroxylation sites is 1. The Bertz CT molecular complexity index is 730. The lowest BCUT2D eigenvalue weighted by atomic mass is 10.1. The van der Waals surface area contributed by atoms with Gasteiger partial charge in [-0.25, -0.2) is 4.39 Å². The summed E-state index contributed by atoms with van der Waals surface area (Å²) in [5, 5.41) is 2.86. The predicted octanol–water partition coefficient (Wildman–Crippen LogP) is 2.92. The molecule has 138 valence electrons. The first-order valence-corrected chi connectivity index (χ1v) is 8.73. The molecule has 5 nitrogen and oxygen atoms in total.